The summed E-state index contributed by atoms with van der Waals surface area (Å²) in [6.45, 7) is 6.55. The smallest absolute Gasteiger partial charge is 0.306 e. The first-order chi connectivity index (χ1) is 40.9. The predicted octanol–water partition coefficient (Wildman–Crippen LogP) is 20.8. The predicted molar refractivity (Wildman–Crippen MR) is 362 cm³/mol. The molecule has 9 nitrogen and oxygen atoms in total. The summed E-state index contributed by atoms with van der Waals surface area (Å²) in [5.41, 5.74) is 0. The van der Waals surface area contributed by atoms with Crippen molar-refractivity contribution in [2.24, 2.45) is 0 Å². The van der Waals surface area contributed by atoms with E-state index in [-0.39, 0.29) is 25.4 Å². The molecule has 0 aliphatic rings. The molecule has 0 aromatic carbocycles. The molecule has 10 heteroatoms. The summed E-state index contributed by atoms with van der Waals surface area (Å²) in [7, 11) is 1.13. The Kier molecular flexibility index (Phi) is 58.9. The average Bonchev–Trinajstić information content (AvgIpc) is 3.65. The summed E-state index contributed by atoms with van der Waals surface area (Å²) in [6.07, 6.45) is 89.8. The highest BCUT2D eigenvalue weighted by molar-refractivity contribution is 7.45. The first-order valence-corrected chi connectivity index (χ1v) is 35.1. The maximum atomic E-state index is 13.6. The maximum Gasteiger partial charge on any atom is 0.306 e. The van der Waals surface area contributed by atoms with Crippen LogP contribution in [0, 0.1) is 0 Å². The van der Waals surface area contributed by atoms with Gasteiger partial charge in [0.2, 0.25) is 5.91 Å². The van der Waals surface area contributed by atoms with Crippen molar-refractivity contribution in [1.29, 1.82) is 0 Å². The van der Waals surface area contributed by atoms with Crippen LogP contribution in [-0.4, -0.2) is 69.4 Å². The number of likely N-dealkylation sites (N-methyl/N-ethyl adjacent to an activating group) is 1. The normalized spacial score (nSPS) is 14.5. The molecule has 0 saturated carbocycles. The second-order valence-corrected chi connectivity index (χ2v) is 24.6. The van der Waals surface area contributed by atoms with Crippen molar-refractivity contribution in [3.05, 3.63) is 146 Å². The minimum absolute atomic E-state index is 0.0416. The topological polar surface area (TPSA) is 114 Å². The highest BCUT2D eigenvalue weighted by atomic mass is 31.2. The fraction of sp³-hybridized carbons (Fsp3) is 0.649. The van der Waals surface area contributed by atoms with Crippen molar-refractivity contribution < 1.29 is 37.3 Å². The third-order valence-corrected chi connectivity index (χ3v) is 15.0. The number of hydrogen-bond acceptors (Lipinski definition) is 7. The van der Waals surface area contributed by atoms with E-state index in [9.17, 15) is 19.0 Å². The molecule has 0 aliphatic carbocycles. The largest absolute Gasteiger partial charge is 0.756 e. The number of nitrogens with zero attached hydrogens (tertiary/aromatic N) is 1. The van der Waals surface area contributed by atoms with Crippen LogP contribution in [0.25, 0.3) is 0 Å². The lowest BCUT2D eigenvalue weighted by atomic mass is 10.0. The first kappa shape index (κ1) is 79.9. The maximum absolute atomic E-state index is 13.6. The molecule has 1 N–H and O–H groups in total. The Morgan fingerprint density at radius 2 is 0.774 bits per heavy atom. The number of phosphoric ester groups is 1. The average molecular weight is 1190 g/mol. The lowest BCUT2D eigenvalue weighted by Crippen LogP contribution is -2.47. The van der Waals surface area contributed by atoms with Gasteiger partial charge in [-0.1, -0.05) is 276 Å². The van der Waals surface area contributed by atoms with Gasteiger partial charge in [-0.25, -0.2) is 0 Å². The van der Waals surface area contributed by atoms with Gasteiger partial charge in [0.1, 0.15) is 19.3 Å². The molecule has 1 amide bonds. The van der Waals surface area contributed by atoms with Gasteiger partial charge in [-0.2, -0.15) is 0 Å². The summed E-state index contributed by atoms with van der Waals surface area (Å²) in [5, 5.41) is 3.01. The molecule has 0 bridgehead atoms. The van der Waals surface area contributed by atoms with E-state index in [0.717, 1.165) is 122 Å². The molecule has 3 atom stereocenters. The fourth-order valence-corrected chi connectivity index (χ4v) is 9.65. The summed E-state index contributed by atoms with van der Waals surface area (Å²) >= 11 is 0. The zero-order chi connectivity index (χ0) is 61.4. The molecule has 0 aliphatic heterocycles. The minimum Gasteiger partial charge on any atom is -0.756 e. The molecule has 0 radical (unpaired) electrons. The molecule has 0 aromatic heterocycles. The van der Waals surface area contributed by atoms with Crippen molar-refractivity contribution in [3.63, 3.8) is 0 Å². The number of allylic oxidation sites excluding steroid dienone is 23. The Morgan fingerprint density at radius 3 is 1.17 bits per heavy atom. The van der Waals surface area contributed by atoms with Crippen molar-refractivity contribution in [3.8, 4) is 0 Å². The molecule has 0 heterocycles. The van der Waals surface area contributed by atoms with Crippen LogP contribution >= 0.6 is 7.82 Å². The van der Waals surface area contributed by atoms with Crippen LogP contribution in [0.15, 0.2) is 146 Å². The van der Waals surface area contributed by atoms with Crippen LogP contribution in [0.3, 0.4) is 0 Å². The zero-order valence-electron chi connectivity index (χ0n) is 54.5. The highest BCUT2D eigenvalue weighted by Crippen LogP contribution is 2.38. The van der Waals surface area contributed by atoms with Gasteiger partial charge in [0.15, 0.2) is 0 Å². The van der Waals surface area contributed by atoms with Crippen LogP contribution in [0.4, 0.5) is 0 Å². The van der Waals surface area contributed by atoms with E-state index in [4.69, 9.17) is 13.8 Å². The van der Waals surface area contributed by atoms with Crippen molar-refractivity contribution in [2.75, 3.05) is 40.9 Å². The molecule has 0 spiro atoms. The van der Waals surface area contributed by atoms with Gasteiger partial charge >= 0.3 is 5.97 Å². The molecule has 0 rings (SSSR count). The van der Waals surface area contributed by atoms with E-state index in [1.54, 1.807) is 6.08 Å². The quantitative estimate of drug-likeness (QED) is 0.0212. The van der Waals surface area contributed by atoms with E-state index < -0.39 is 32.5 Å². The third kappa shape index (κ3) is 62.4. The molecule has 84 heavy (non-hydrogen) atoms. The number of nitrogens with one attached hydrogen (secondary N) is 1. The Bertz CT molecular complexity index is 1950. The Labute approximate surface area is 517 Å². The minimum atomic E-state index is -4.73. The van der Waals surface area contributed by atoms with Crippen LogP contribution in [0.1, 0.15) is 258 Å². The van der Waals surface area contributed by atoms with Gasteiger partial charge in [0.05, 0.1) is 33.8 Å². The second kappa shape index (κ2) is 62.0. The van der Waals surface area contributed by atoms with Gasteiger partial charge < -0.3 is 28.5 Å². The number of amides is 1. The molecule has 0 aromatic rings. The standard InChI is InChI=1S/C74H125N2O7P/c1-7-10-13-16-19-22-25-28-30-32-34-35-36-37-38-39-40-41-43-44-46-48-51-54-57-60-63-66-73(77)75-71(70-82-84(79,80)81-69-68-76(4,5)6)72(65-62-59-56-53-50-27-24-21-18-15-12-9-3)83-74(78)67-64-61-58-55-52-49-47-45-42-33-31-29-26-23-20-17-14-11-8-2/h10-11,13-14,19-20,22-23,28-31,34-35,37-38,42,45,49,52,58,61-62,65,71-72H,7-9,12,15-18,21,24-27,32-33,36,39-41,43-44,46-48,50-51,53-57,59-60,63-64,66-70H2,1-6H3,(H-,75,77,79,80)/b13-10-,14-11-,22-19-,23-20-,30-28-,31-29-,35-34-,38-37-,45-42-,52-49-,61-58-,65-62-. The van der Waals surface area contributed by atoms with Gasteiger partial charge in [-0.15, -0.1) is 0 Å². The number of carbonyl (C=O) groups excluding carboxylic acids is 2. The number of rotatable bonds is 59. The Hall–Kier alpha value is -4.11. The summed E-state index contributed by atoms with van der Waals surface area (Å²) in [4.78, 5) is 40.1. The van der Waals surface area contributed by atoms with Crippen LogP contribution < -0.4 is 10.2 Å². The zero-order valence-corrected chi connectivity index (χ0v) is 55.4. The van der Waals surface area contributed by atoms with E-state index in [1.807, 2.05) is 39.4 Å². The summed E-state index contributed by atoms with van der Waals surface area (Å²) in [5.74, 6) is -0.650. The van der Waals surface area contributed by atoms with Gasteiger partial charge in [-0.3, -0.25) is 14.2 Å². The van der Waals surface area contributed by atoms with E-state index in [2.05, 4.69) is 148 Å². The molecule has 478 valence electrons. The molecular formula is C74H125N2O7P. The monoisotopic (exact) mass is 1180 g/mol. The number of phosphoric acid groups is 1. The van der Waals surface area contributed by atoms with E-state index >= 15 is 0 Å². The number of carbonyl (C=O) groups is 2. The molecule has 0 fully saturated rings. The Balaban J connectivity index is 5.21. The van der Waals surface area contributed by atoms with Gasteiger partial charge in [0, 0.05) is 12.8 Å². The summed E-state index contributed by atoms with van der Waals surface area (Å²) in [6, 6.07) is -0.932. The third-order valence-electron chi connectivity index (χ3n) is 14.0. The number of esters is 1. The number of unbranched alkanes of at least 4 members (excludes halogenated alkanes) is 21. The Morgan fingerprint density at radius 1 is 0.429 bits per heavy atom. The molecule has 3 unspecified atom stereocenters. The lowest BCUT2D eigenvalue weighted by Gasteiger charge is -2.30. The van der Waals surface area contributed by atoms with Gasteiger partial charge in [0.25, 0.3) is 7.82 Å². The number of quaternary nitrogens is 1. The van der Waals surface area contributed by atoms with Crippen molar-refractivity contribution in [2.45, 2.75) is 270 Å². The van der Waals surface area contributed by atoms with E-state index in [0.29, 0.717) is 17.4 Å². The first-order valence-electron chi connectivity index (χ1n) is 33.6. The van der Waals surface area contributed by atoms with Crippen LogP contribution in [0.2, 0.25) is 0 Å². The SMILES string of the molecule is CC/C=C\C/C=C\C/C=C\C/C=C\C/C=C\C/C=C\CCC(=O)OC(/C=C\CCCCCCCCCCCC)C(COP(=O)([O-])OCC[N+](C)(C)C)NC(=O)CCCCCCCCCCCCC/C=C\C/C=C\C/C=C\C/C=C\C/C=C\CC. The van der Waals surface area contributed by atoms with Crippen molar-refractivity contribution in [1.82, 2.24) is 5.32 Å². The number of hydrogen-bond donors (Lipinski definition) is 1. The fourth-order valence-electron chi connectivity index (χ4n) is 8.93. The van der Waals surface area contributed by atoms with Crippen molar-refractivity contribution >= 4 is 19.7 Å². The molecule has 0 saturated heterocycles. The van der Waals surface area contributed by atoms with Crippen LogP contribution in [-0.2, 0) is 27.9 Å². The van der Waals surface area contributed by atoms with Crippen LogP contribution in [0.5, 0.6) is 0 Å². The van der Waals surface area contributed by atoms with Gasteiger partial charge in [-0.05, 0) is 115 Å². The molecular weight excluding hydrogens is 1060 g/mol. The number of ether oxygens (including phenoxy) is 1. The van der Waals surface area contributed by atoms with E-state index in [1.165, 1.54) is 96.3 Å². The lowest BCUT2D eigenvalue weighted by molar-refractivity contribution is -0.870. The second-order valence-electron chi connectivity index (χ2n) is 23.2. The summed E-state index contributed by atoms with van der Waals surface area (Å²) < 4.78 is 30.3. The highest BCUT2D eigenvalue weighted by Gasteiger charge is 2.27.